The largest absolute Gasteiger partial charge is 0.363 e. The van der Waals surface area contributed by atoms with E-state index in [0.29, 0.717) is 18.2 Å². The van der Waals surface area contributed by atoms with Gasteiger partial charge < -0.3 is 15.1 Å². The van der Waals surface area contributed by atoms with Gasteiger partial charge >= 0.3 is 0 Å². The minimum atomic E-state index is -0.251. The zero-order valence-corrected chi connectivity index (χ0v) is 14.8. The first-order chi connectivity index (χ1) is 11.6. The third-order valence-electron chi connectivity index (χ3n) is 4.97. The highest BCUT2D eigenvalue weighted by Crippen LogP contribution is 2.34. The van der Waals surface area contributed by atoms with Crippen LogP contribution in [0.25, 0.3) is 0 Å². The summed E-state index contributed by atoms with van der Waals surface area (Å²) in [5, 5.41) is 3.87. The second-order valence-corrected chi connectivity index (χ2v) is 6.92. The molecule has 1 aromatic rings. The number of rotatable bonds is 3. The lowest BCUT2D eigenvalue weighted by atomic mass is 9.88. The van der Waals surface area contributed by atoms with Gasteiger partial charge in [0, 0.05) is 38.6 Å². The average Bonchev–Trinajstić information content (AvgIpc) is 3.25. The van der Waals surface area contributed by atoms with E-state index in [1.807, 2.05) is 11.8 Å². The molecule has 4 nitrogen and oxygen atoms in total. The molecule has 0 aliphatic carbocycles. The van der Waals surface area contributed by atoms with Crippen LogP contribution in [0.5, 0.6) is 0 Å². The van der Waals surface area contributed by atoms with Gasteiger partial charge in [0.15, 0.2) is 5.11 Å². The molecule has 2 fully saturated rings. The summed E-state index contributed by atoms with van der Waals surface area (Å²) in [6.07, 6.45) is 2.17. The quantitative estimate of drug-likeness (QED) is 0.850. The molecule has 3 rings (SSSR count). The van der Waals surface area contributed by atoms with Gasteiger partial charge in [0.05, 0.1) is 5.92 Å². The molecule has 0 unspecified atom stereocenters. The van der Waals surface area contributed by atoms with Crippen molar-refractivity contribution in [2.45, 2.75) is 25.7 Å². The van der Waals surface area contributed by atoms with Crippen LogP contribution in [-0.4, -0.2) is 53.5 Å². The maximum Gasteiger partial charge on any atom is 0.228 e. The van der Waals surface area contributed by atoms with Gasteiger partial charge in [0.1, 0.15) is 5.82 Å². The fourth-order valence-corrected chi connectivity index (χ4v) is 4.00. The monoisotopic (exact) mass is 349 g/mol. The molecule has 2 atom stereocenters. The lowest BCUT2D eigenvalue weighted by molar-refractivity contribution is -0.134. The lowest BCUT2D eigenvalue weighted by Gasteiger charge is -2.24. The van der Waals surface area contributed by atoms with E-state index in [4.69, 9.17) is 12.2 Å². The van der Waals surface area contributed by atoms with Gasteiger partial charge in [-0.15, -0.1) is 0 Å². The number of carbonyl (C=O) groups is 1. The summed E-state index contributed by atoms with van der Waals surface area (Å²) >= 11 is 5.44. The fourth-order valence-electron chi connectivity index (χ4n) is 3.70. The van der Waals surface area contributed by atoms with Crippen LogP contribution in [0.1, 0.15) is 31.2 Å². The van der Waals surface area contributed by atoms with E-state index in [9.17, 15) is 9.18 Å². The second kappa shape index (κ2) is 7.47. The van der Waals surface area contributed by atoms with Gasteiger partial charge in [-0.25, -0.2) is 4.39 Å². The normalized spacial score (nSPS) is 23.6. The summed E-state index contributed by atoms with van der Waals surface area (Å²) in [4.78, 5) is 17.0. The molecule has 24 heavy (non-hydrogen) atoms. The molecule has 0 spiro atoms. The third-order valence-corrected chi connectivity index (χ3v) is 5.37. The van der Waals surface area contributed by atoms with Gasteiger partial charge in [0.2, 0.25) is 5.91 Å². The average molecular weight is 349 g/mol. The SMILES string of the molecule is CCNC(=S)N1C[C@H](c2ccc(F)cc2)[C@H](C(=O)N2CCCC2)C1. The van der Waals surface area contributed by atoms with E-state index in [1.54, 1.807) is 12.1 Å². The number of hydrogen-bond donors (Lipinski definition) is 1. The maximum atomic E-state index is 13.3. The second-order valence-electron chi connectivity index (χ2n) is 6.54. The molecule has 0 radical (unpaired) electrons. The molecule has 2 aliphatic heterocycles. The van der Waals surface area contributed by atoms with Crippen molar-refractivity contribution in [3.05, 3.63) is 35.6 Å². The van der Waals surface area contributed by atoms with Crippen molar-refractivity contribution in [2.75, 3.05) is 32.7 Å². The van der Waals surface area contributed by atoms with Crippen LogP contribution >= 0.6 is 12.2 Å². The smallest absolute Gasteiger partial charge is 0.228 e. The van der Waals surface area contributed by atoms with Crippen LogP contribution < -0.4 is 5.32 Å². The minimum Gasteiger partial charge on any atom is -0.363 e. The molecule has 0 saturated carbocycles. The molecule has 6 heteroatoms. The fraction of sp³-hybridized carbons (Fsp3) is 0.556. The molecule has 2 aliphatic rings. The molecule has 0 bridgehead atoms. The maximum absolute atomic E-state index is 13.3. The van der Waals surface area contributed by atoms with Crippen LogP contribution in [0.2, 0.25) is 0 Å². The first kappa shape index (κ1) is 17.1. The molecule has 0 aromatic heterocycles. The van der Waals surface area contributed by atoms with Crippen molar-refractivity contribution >= 4 is 23.2 Å². The summed E-state index contributed by atoms with van der Waals surface area (Å²) in [5.41, 5.74) is 1.01. The van der Waals surface area contributed by atoms with Crippen molar-refractivity contribution in [1.82, 2.24) is 15.1 Å². The zero-order chi connectivity index (χ0) is 17.1. The predicted molar refractivity (Wildman–Crippen MR) is 96.3 cm³/mol. The van der Waals surface area contributed by atoms with Gasteiger partial charge in [0.25, 0.3) is 0 Å². The topological polar surface area (TPSA) is 35.6 Å². The molecular formula is C18H24FN3OS. The number of thiocarbonyl (C=S) groups is 1. The summed E-state index contributed by atoms with van der Waals surface area (Å²) in [5.74, 6) is -0.108. The van der Waals surface area contributed by atoms with Crippen LogP contribution in [0.3, 0.4) is 0 Å². The Hall–Kier alpha value is -1.69. The van der Waals surface area contributed by atoms with Crippen molar-refractivity contribution in [3.8, 4) is 0 Å². The first-order valence-electron chi connectivity index (χ1n) is 8.67. The summed E-state index contributed by atoms with van der Waals surface area (Å²) in [6.45, 7) is 5.80. The summed E-state index contributed by atoms with van der Waals surface area (Å²) in [7, 11) is 0. The highest BCUT2D eigenvalue weighted by Gasteiger charge is 2.41. The third kappa shape index (κ3) is 3.53. The molecule has 1 amide bonds. The van der Waals surface area contributed by atoms with Gasteiger partial charge in [-0.2, -0.15) is 0 Å². The standard InChI is InChI=1S/C18H24FN3OS/c1-2-20-18(24)22-11-15(13-5-7-14(19)8-6-13)16(12-22)17(23)21-9-3-4-10-21/h5-8,15-16H,2-4,9-12H2,1H3,(H,20,24)/t15-,16-/m1/s1. The Morgan fingerprint density at radius 2 is 1.88 bits per heavy atom. The van der Waals surface area contributed by atoms with Crippen molar-refractivity contribution in [3.63, 3.8) is 0 Å². The van der Waals surface area contributed by atoms with Gasteiger partial charge in [-0.1, -0.05) is 12.1 Å². The number of nitrogens with one attached hydrogen (secondary N) is 1. The van der Waals surface area contributed by atoms with Crippen molar-refractivity contribution in [2.24, 2.45) is 5.92 Å². The summed E-state index contributed by atoms with van der Waals surface area (Å²) in [6, 6.07) is 6.53. The molecule has 2 heterocycles. The van der Waals surface area contributed by atoms with E-state index in [1.165, 1.54) is 12.1 Å². The number of halogens is 1. The molecule has 2 saturated heterocycles. The molecule has 1 aromatic carbocycles. The van der Waals surface area contributed by atoms with Crippen LogP contribution in [0.15, 0.2) is 24.3 Å². The van der Waals surface area contributed by atoms with Crippen LogP contribution in [0, 0.1) is 11.7 Å². The van der Waals surface area contributed by atoms with E-state index in [0.717, 1.165) is 38.0 Å². The number of carbonyl (C=O) groups excluding carboxylic acids is 1. The van der Waals surface area contributed by atoms with E-state index < -0.39 is 0 Å². The van der Waals surface area contributed by atoms with E-state index >= 15 is 0 Å². The van der Waals surface area contributed by atoms with Gasteiger partial charge in [-0.3, -0.25) is 4.79 Å². The first-order valence-corrected chi connectivity index (χ1v) is 9.08. The molecular weight excluding hydrogens is 325 g/mol. The Kier molecular flexibility index (Phi) is 5.33. The van der Waals surface area contributed by atoms with E-state index in [2.05, 4.69) is 10.2 Å². The van der Waals surface area contributed by atoms with Crippen LogP contribution in [0.4, 0.5) is 4.39 Å². The predicted octanol–water partition coefficient (Wildman–Crippen LogP) is 2.36. The van der Waals surface area contributed by atoms with Gasteiger partial charge in [-0.05, 0) is 49.7 Å². The highest BCUT2D eigenvalue weighted by atomic mass is 32.1. The van der Waals surface area contributed by atoms with E-state index in [-0.39, 0.29) is 23.6 Å². The summed E-state index contributed by atoms with van der Waals surface area (Å²) < 4.78 is 13.3. The zero-order valence-electron chi connectivity index (χ0n) is 14.0. The number of hydrogen-bond acceptors (Lipinski definition) is 2. The Morgan fingerprint density at radius 1 is 1.21 bits per heavy atom. The Labute approximate surface area is 148 Å². The lowest BCUT2D eigenvalue weighted by Crippen LogP contribution is -2.40. The number of likely N-dealkylation sites (tertiary alicyclic amines) is 2. The number of benzene rings is 1. The number of amides is 1. The molecule has 1 N–H and O–H groups in total. The van der Waals surface area contributed by atoms with Crippen molar-refractivity contribution in [1.29, 1.82) is 0 Å². The minimum absolute atomic E-state index is 0.0512. The Morgan fingerprint density at radius 3 is 2.50 bits per heavy atom. The van der Waals surface area contributed by atoms with Crippen molar-refractivity contribution < 1.29 is 9.18 Å². The number of nitrogens with zero attached hydrogens (tertiary/aromatic N) is 2. The Bertz CT molecular complexity index is 601. The highest BCUT2D eigenvalue weighted by molar-refractivity contribution is 7.80. The van der Waals surface area contributed by atoms with Crippen LogP contribution in [-0.2, 0) is 4.79 Å². The molecule has 130 valence electrons. The Balaban J connectivity index is 1.82.